The van der Waals surface area contributed by atoms with E-state index in [9.17, 15) is 42.3 Å². The standard InChI is InChI=1S/C28H34F3N5O7.C3H8/c1-17(26(41)36-20(12-13-22(32)37)25(40)28(29,30)31)34-27(42)21(14-18-8-4-2-5-9-18)35-23(38)15-33-24(39)16-43-19-10-6-3-7-11-19;1-3-2/h2-11,17,20-21,25,40H,12-16H2,1H3,(H2,32,37)(H,33,39)(H,34,42)(H,35,38)(H,36,41);3H2,1-2H3/t17-,20?,21-,25?;/m0./s1. The van der Waals surface area contributed by atoms with Gasteiger partial charge in [0.15, 0.2) is 12.7 Å². The topological polar surface area (TPSA) is 189 Å². The first kappa shape index (κ1) is 39.4. The number of para-hydroxylation sites is 1. The van der Waals surface area contributed by atoms with Crippen LogP contribution in [0.15, 0.2) is 60.7 Å². The van der Waals surface area contributed by atoms with Crippen molar-refractivity contribution in [1.82, 2.24) is 21.3 Å². The molecule has 0 spiro atoms. The number of nitrogens with one attached hydrogen (secondary N) is 4. The maximum absolute atomic E-state index is 13.1. The molecule has 46 heavy (non-hydrogen) atoms. The Morgan fingerprint density at radius 3 is 1.98 bits per heavy atom. The molecule has 0 aliphatic heterocycles. The molecule has 5 amide bonds. The minimum absolute atomic E-state index is 0.0220. The highest BCUT2D eigenvalue weighted by atomic mass is 19.4. The predicted octanol–water partition coefficient (Wildman–Crippen LogP) is 1.50. The lowest BCUT2D eigenvalue weighted by molar-refractivity contribution is -0.212. The van der Waals surface area contributed by atoms with E-state index in [-0.39, 0.29) is 13.0 Å². The molecule has 4 atom stereocenters. The first-order valence-corrected chi connectivity index (χ1v) is 14.6. The molecule has 0 radical (unpaired) electrons. The van der Waals surface area contributed by atoms with Gasteiger partial charge in [0, 0.05) is 12.8 Å². The maximum atomic E-state index is 13.1. The number of carbonyl (C=O) groups excluding carboxylic acids is 5. The normalized spacial score (nSPS) is 13.4. The van der Waals surface area contributed by atoms with Gasteiger partial charge in [0.1, 0.15) is 17.8 Å². The molecule has 2 aromatic rings. The van der Waals surface area contributed by atoms with Crippen molar-refractivity contribution in [1.29, 1.82) is 0 Å². The van der Waals surface area contributed by atoms with Gasteiger partial charge >= 0.3 is 6.18 Å². The SMILES string of the molecule is CCC.C[C@H](NC(=O)[C@H](Cc1ccccc1)NC(=O)CNC(=O)COc1ccccc1)C(=O)NC(CCC(N)=O)C(O)C(F)(F)F. The Kier molecular flexibility index (Phi) is 17.4. The van der Waals surface area contributed by atoms with Gasteiger partial charge in [-0.1, -0.05) is 68.8 Å². The fraction of sp³-hybridized carbons (Fsp3) is 0.452. The Hall–Kier alpha value is -4.66. The molecule has 0 aliphatic rings. The number of amides is 5. The molecule has 0 saturated heterocycles. The van der Waals surface area contributed by atoms with Gasteiger partial charge in [0.05, 0.1) is 12.6 Å². The largest absolute Gasteiger partial charge is 0.484 e. The number of hydrogen-bond acceptors (Lipinski definition) is 7. The molecular weight excluding hydrogens is 611 g/mol. The van der Waals surface area contributed by atoms with Crippen molar-refractivity contribution < 1.29 is 47.0 Å². The van der Waals surface area contributed by atoms with Crippen LogP contribution >= 0.6 is 0 Å². The van der Waals surface area contributed by atoms with Crippen LogP contribution in [0.1, 0.15) is 45.6 Å². The summed E-state index contributed by atoms with van der Waals surface area (Å²) in [7, 11) is 0. The summed E-state index contributed by atoms with van der Waals surface area (Å²) in [4.78, 5) is 61.5. The fourth-order valence-electron chi connectivity index (χ4n) is 3.72. The number of ether oxygens (including phenoxy) is 1. The van der Waals surface area contributed by atoms with E-state index in [1.165, 1.54) is 13.3 Å². The average Bonchev–Trinajstić information content (AvgIpc) is 3.01. The first-order chi connectivity index (χ1) is 21.7. The Morgan fingerprint density at radius 1 is 0.870 bits per heavy atom. The molecule has 0 fully saturated rings. The van der Waals surface area contributed by atoms with Gasteiger partial charge in [0.2, 0.25) is 23.6 Å². The highest BCUT2D eigenvalue weighted by Crippen LogP contribution is 2.24. The number of halogens is 3. The number of hydrogen-bond donors (Lipinski definition) is 6. The average molecular weight is 654 g/mol. The zero-order valence-corrected chi connectivity index (χ0v) is 25.9. The van der Waals surface area contributed by atoms with Crippen molar-refractivity contribution in [2.24, 2.45) is 5.73 Å². The Balaban J connectivity index is 0.00000338. The van der Waals surface area contributed by atoms with E-state index in [1.807, 2.05) is 5.32 Å². The van der Waals surface area contributed by atoms with Gasteiger partial charge in [-0.2, -0.15) is 13.2 Å². The number of benzene rings is 2. The van der Waals surface area contributed by atoms with Crippen molar-refractivity contribution >= 4 is 29.5 Å². The predicted molar refractivity (Wildman–Crippen MR) is 163 cm³/mol. The number of primary amides is 1. The summed E-state index contributed by atoms with van der Waals surface area (Å²) < 4.78 is 44.6. The van der Waals surface area contributed by atoms with E-state index < -0.39 is 79.3 Å². The summed E-state index contributed by atoms with van der Waals surface area (Å²) in [5.74, 6) is -3.74. The van der Waals surface area contributed by atoms with Gasteiger partial charge in [-0.15, -0.1) is 0 Å². The quantitative estimate of drug-likeness (QED) is 0.158. The van der Waals surface area contributed by atoms with Crippen molar-refractivity contribution in [3.63, 3.8) is 0 Å². The molecule has 2 unspecified atom stereocenters. The van der Waals surface area contributed by atoms with Crippen molar-refractivity contribution in [3.05, 3.63) is 66.2 Å². The van der Waals surface area contributed by atoms with Crippen LogP contribution in [0.3, 0.4) is 0 Å². The van der Waals surface area contributed by atoms with Gasteiger partial charge in [-0.3, -0.25) is 24.0 Å². The first-order valence-electron chi connectivity index (χ1n) is 14.6. The minimum atomic E-state index is -5.10. The monoisotopic (exact) mass is 653 g/mol. The second-order valence-corrected chi connectivity index (χ2v) is 10.2. The Morgan fingerprint density at radius 2 is 1.43 bits per heavy atom. The molecule has 2 aromatic carbocycles. The van der Waals surface area contributed by atoms with E-state index in [1.54, 1.807) is 60.7 Å². The van der Waals surface area contributed by atoms with Crippen molar-refractivity contribution in [3.8, 4) is 5.75 Å². The van der Waals surface area contributed by atoms with E-state index in [2.05, 4.69) is 29.8 Å². The molecule has 12 nitrogen and oxygen atoms in total. The van der Waals surface area contributed by atoms with Crippen LogP contribution in [0, 0.1) is 0 Å². The molecule has 0 bridgehead atoms. The lowest BCUT2D eigenvalue weighted by Gasteiger charge is -2.27. The second kappa shape index (κ2) is 20.4. The van der Waals surface area contributed by atoms with Gasteiger partial charge in [0.25, 0.3) is 5.91 Å². The van der Waals surface area contributed by atoms with E-state index >= 15 is 0 Å². The van der Waals surface area contributed by atoms with Gasteiger partial charge in [-0.25, -0.2) is 0 Å². The molecule has 0 heterocycles. The smallest absolute Gasteiger partial charge is 0.416 e. The van der Waals surface area contributed by atoms with Crippen LogP contribution in [0.25, 0.3) is 0 Å². The zero-order chi connectivity index (χ0) is 34.7. The lowest BCUT2D eigenvalue weighted by Crippen LogP contribution is -2.57. The second-order valence-electron chi connectivity index (χ2n) is 10.2. The van der Waals surface area contributed by atoms with E-state index in [4.69, 9.17) is 10.5 Å². The molecule has 2 rings (SSSR count). The summed E-state index contributed by atoms with van der Waals surface area (Å²) in [6.07, 6.45) is -8.00. The van der Waals surface area contributed by atoms with Gasteiger partial charge in [-0.05, 0) is 31.0 Å². The van der Waals surface area contributed by atoms with Crippen LogP contribution in [0.5, 0.6) is 5.75 Å². The maximum Gasteiger partial charge on any atom is 0.416 e. The summed E-state index contributed by atoms with van der Waals surface area (Å²) in [6.45, 7) is 4.58. The third-order valence-electron chi connectivity index (χ3n) is 5.99. The fourth-order valence-corrected chi connectivity index (χ4v) is 3.72. The molecule has 0 saturated carbocycles. The number of nitrogens with two attached hydrogens (primary N) is 1. The third kappa shape index (κ3) is 15.9. The lowest BCUT2D eigenvalue weighted by atomic mass is 10.0. The molecule has 7 N–H and O–H groups in total. The summed E-state index contributed by atoms with van der Waals surface area (Å²) in [6, 6.07) is 12.5. The van der Waals surface area contributed by atoms with E-state index in [0.29, 0.717) is 11.3 Å². The summed E-state index contributed by atoms with van der Waals surface area (Å²) in [5.41, 5.74) is 5.62. The summed E-state index contributed by atoms with van der Waals surface area (Å²) >= 11 is 0. The number of rotatable bonds is 16. The van der Waals surface area contributed by atoms with Crippen LogP contribution < -0.4 is 31.7 Å². The Bertz CT molecular complexity index is 1250. The molecular formula is C31H42F3N5O7. The highest BCUT2D eigenvalue weighted by molar-refractivity contribution is 5.93. The minimum Gasteiger partial charge on any atom is -0.484 e. The third-order valence-corrected chi connectivity index (χ3v) is 5.99. The number of alkyl halides is 3. The molecule has 0 aliphatic carbocycles. The van der Waals surface area contributed by atoms with Crippen LogP contribution in [-0.4, -0.2) is 78.2 Å². The number of aliphatic hydroxyl groups is 1. The molecule has 254 valence electrons. The highest BCUT2D eigenvalue weighted by Gasteiger charge is 2.44. The molecule has 15 heteroatoms. The summed E-state index contributed by atoms with van der Waals surface area (Å²) in [5, 5.41) is 18.8. The number of carbonyl (C=O) groups is 5. The molecule has 0 aromatic heterocycles. The Labute approximate surface area is 265 Å². The van der Waals surface area contributed by atoms with Gasteiger partial charge < -0.3 is 36.8 Å². The van der Waals surface area contributed by atoms with Crippen molar-refractivity contribution in [2.45, 2.75) is 76.9 Å². The van der Waals surface area contributed by atoms with Crippen LogP contribution in [-0.2, 0) is 30.4 Å². The van der Waals surface area contributed by atoms with E-state index in [0.717, 1.165) is 0 Å². The number of aliphatic hydroxyl groups excluding tert-OH is 1. The van der Waals surface area contributed by atoms with Crippen LogP contribution in [0.4, 0.5) is 13.2 Å². The zero-order valence-electron chi connectivity index (χ0n) is 25.9. The van der Waals surface area contributed by atoms with Crippen molar-refractivity contribution in [2.75, 3.05) is 13.2 Å². The van der Waals surface area contributed by atoms with Crippen LogP contribution in [0.2, 0.25) is 0 Å².